The molecule has 0 fully saturated rings. The second-order valence-electron chi connectivity index (χ2n) is 13.7. The van der Waals surface area contributed by atoms with Crippen LogP contribution in [-0.4, -0.2) is 0 Å². The summed E-state index contributed by atoms with van der Waals surface area (Å²) in [5, 5.41) is 5.11. The van der Waals surface area contributed by atoms with E-state index in [1.807, 2.05) is 11.3 Å². The summed E-state index contributed by atoms with van der Waals surface area (Å²) in [5.41, 5.74) is 12.9. The summed E-state index contributed by atoms with van der Waals surface area (Å²) in [6, 6.07) is 77.2. The Balaban J connectivity index is 1.21. The summed E-state index contributed by atoms with van der Waals surface area (Å²) >= 11 is 1.88. The molecule has 0 N–H and O–H groups in total. The molecule has 1 heterocycles. The SMILES string of the molecule is c1ccc(-c2ccccc2N(c2ccc(-c3cccc4c3sc3ccccc34)cc2)c2cc(-c3cccc4ccccc34)ccc2-c2ccccc2)cc1. The van der Waals surface area contributed by atoms with Crippen molar-refractivity contribution in [3.63, 3.8) is 0 Å². The summed E-state index contributed by atoms with van der Waals surface area (Å²) in [4.78, 5) is 2.46. The van der Waals surface area contributed by atoms with Gasteiger partial charge in [0.2, 0.25) is 0 Å². The monoisotopic (exact) mass is 705 g/mol. The minimum Gasteiger partial charge on any atom is -0.309 e. The normalized spacial score (nSPS) is 11.3. The van der Waals surface area contributed by atoms with Gasteiger partial charge < -0.3 is 4.90 Å². The smallest absolute Gasteiger partial charge is 0.0546 e. The summed E-state index contributed by atoms with van der Waals surface area (Å²) in [6.45, 7) is 0. The predicted octanol–water partition coefficient (Wildman–Crippen LogP) is 15.3. The lowest BCUT2D eigenvalue weighted by atomic mass is 9.93. The number of fused-ring (bicyclic) bond motifs is 4. The van der Waals surface area contributed by atoms with Crippen LogP contribution < -0.4 is 4.90 Å². The topological polar surface area (TPSA) is 3.24 Å². The van der Waals surface area contributed by atoms with E-state index in [1.165, 1.54) is 75.5 Å². The molecule has 0 saturated carbocycles. The molecule has 0 amide bonds. The van der Waals surface area contributed by atoms with E-state index in [1.54, 1.807) is 0 Å². The van der Waals surface area contributed by atoms with Gasteiger partial charge in [-0.3, -0.25) is 0 Å². The van der Waals surface area contributed by atoms with Gasteiger partial charge in [-0.1, -0.05) is 182 Å². The fraction of sp³-hybridized carbons (Fsp3) is 0. The van der Waals surface area contributed by atoms with E-state index >= 15 is 0 Å². The first-order chi connectivity index (χ1) is 26.8. The number of nitrogens with zero attached hydrogens (tertiary/aromatic N) is 1. The van der Waals surface area contributed by atoms with E-state index in [4.69, 9.17) is 0 Å². The van der Waals surface area contributed by atoms with Gasteiger partial charge in [0.25, 0.3) is 0 Å². The molecule has 0 aliphatic rings. The van der Waals surface area contributed by atoms with Gasteiger partial charge in [0.1, 0.15) is 0 Å². The Morgan fingerprint density at radius 2 is 0.852 bits per heavy atom. The van der Waals surface area contributed by atoms with Crippen LogP contribution in [0, 0.1) is 0 Å². The van der Waals surface area contributed by atoms with Crippen molar-refractivity contribution in [2.45, 2.75) is 0 Å². The van der Waals surface area contributed by atoms with Gasteiger partial charge >= 0.3 is 0 Å². The number of para-hydroxylation sites is 1. The van der Waals surface area contributed by atoms with Crippen LogP contribution in [0.1, 0.15) is 0 Å². The zero-order valence-corrected chi connectivity index (χ0v) is 30.4. The Morgan fingerprint density at radius 1 is 0.315 bits per heavy atom. The number of anilines is 3. The molecule has 10 aromatic rings. The number of benzene rings is 9. The first kappa shape index (κ1) is 32.0. The van der Waals surface area contributed by atoms with Crippen molar-refractivity contribution in [3.05, 3.63) is 212 Å². The Morgan fingerprint density at radius 3 is 1.65 bits per heavy atom. The average Bonchev–Trinajstić information content (AvgIpc) is 3.64. The fourth-order valence-electron chi connectivity index (χ4n) is 7.93. The molecule has 0 radical (unpaired) electrons. The highest BCUT2D eigenvalue weighted by Gasteiger charge is 2.22. The van der Waals surface area contributed by atoms with Crippen LogP contribution in [0.3, 0.4) is 0 Å². The van der Waals surface area contributed by atoms with E-state index in [-0.39, 0.29) is 0 Å². The van der Waals surface area contributed by atoms with Crippen LogP contribution in [-0.2, 0) is 0 Å². The van der Waals surface area contributed by atoms with Crippen molar-refractivity contribution in [1.82, 2.24) is 0 Å². The molecular formula is C52H35NS. The maximum Gasteiger partial charge on any atom is 0.0546 e. The number of hydrogen-bond acceptors (Lipinski definition) is 2. The van der Waals surface area contributed by atoms with Gasteiger partial charge in [-0.15, -0.1) is 11.3 Å². The molecule has 0 aliphatic heterocycles. The summed E-state index contributed by atoms with van der Waals surface area (Å²) in [7, 11) is 0. The molecular weight excluding hydrogens is 671 g/mol. The van der Waals surface area contributed by atoms with E-state index in [0.29, 0.717) is 0 Å². The summed E-state index contributed by atoms with van der Waals surface area (Å²) in [6.07, 6.45) is 0. The van der Waals surface area contributed by atoms with Crippen LogP contribution >= 0.6 is 11.3 Å². The minimum atomic E-state index is 1.10. The molecule has 9 aromatic carbocycles. The quantitative estimate of drug-likeness (QED) is 0.160. The highest BCUT2D eigenvalue weighted by Crippen LogP contribution is 2.47. The van der Waals surface area contributed by atoms with Crippen LogP contribution in [0.5, 0.6) is 0 Å². The van der Waals surface area contributed by atoms with Gasteiger partial charge in [0, 0.05) is 37.0 Å². The number of hydrogen-bond donors (Lipinski definition) is 0. The molecule has 1 aromatic heterocycles. The second kappa shape index (κ2) is 13.7. The maximum absolute atomic E-state index is 2.46. The minimum absolute atomic E-state index is 1.10. The molecule has 0 aliphatic carbocycles. The third-order valence-corrected chi connectivity index (χ3v) is 11.7. The number of thiophene rings is 1. The molecule has 0 spiro atoms. The molecule has 0 unspecified atom stereocenters. The largest absolute Gasteiger partial charge is 0.309 e. The fourth-order valence-corrected chi connectivity index (χ4v) is 9.16. The molecule has 54 heavy (non-hydrogen) atoms. The zero-order valence-electron chi connectivity index (χ0n) is 29.6. The maximum atomic E-state index is 2.46. The lowest BCUT2D eigenvalue weighted by molar-refractivity contribution is 1.28. The van der Waals surface area contributed by atoms with Crippen LogP contribution in [0.2, 0.25) is 0 Å². The first-order valence-electron chi connectivity index (χ1n) is 18.4. The molecule has 0 atom stereocenters. The lowest BCUT2D eigenvalue weighted by Crippen LogP contribution is -2.12. The third kappa shape index (κ3) is 5.65. The number of rotatable bonds is 7. The third-order valence-electron chi connectivity index (χ3n) is 10.5. The Hall–Kier alpha value is -6.74. The highest BCUT2D eigenvalue weighted by atomic mass is 32.1. The predicted molar refractivity (Wildman–Crippen MR) is 233 cm³/mol. The van der Waals surface area contributed by atoms with Gasteiger partial charge in [-0.25, -0.2) is 0 Å². The van der Waals surface area contributed by atoms with Crippen molar-refractivity contribution < 1.29 is 0 Å². The molecule has 1 nitrogen and oxygen atoms in total. The molecule has 2 heteroatoms. The molecule has 10 rings (SSSR count). The van der Waals surface area contributed by atoms with E-state index < -0.39 is 0 Å². The van der Waals surface area contributed by atoms with E-state index in [9.17, 15) is 0 Å². The van der Waals surface area contributed by atoms with E-state index in [0.717, 1.165) is 17.1 Å². The van der Waals surface area contributed by atoms with Crippen molar-refractivity contribution in [2.75, 3.05) is 4.90 Å². The lowest BCUT2D eigenvalue weighted by Gasteiger charge is -2.30. The molecule has 0 bridgehead atoms. The van der Waals surface area contributed by atoms with E-state index in [2.05, 4.69) is 217 Å². The summed E-state index contributed by atoms with van der Waals surface area (Å²) < 4.78 is 2.65. The summed E-state index contributed by atoms with van der Waals surface area (Å²) in [5.74, 6) is 0. The second-order valence-corrected chi connectivity index (χ2v) is 14.7. The average molecular weight is 706 g/mol. The van der Waals surface area contributed by atoms with Crippen molar-refractivity contribution in [1.29, 1.82) is 0 Å². The zero-order chi connectivity index (χ0) is 35.8. The van der Waals surface area contributed by atoms with Crippen LogP contribution in [0.15, 0.2) is 212 Å². The highest BCUT2D eigenvalue weighted by molar-refractivity contribution is 7.26. The standard InChI is InChI=1S/C52H35NS/c1-3-15-37(16-4-1)44-22-9-11-27-49(44)53(41-32-29-39(30-33-41)46-25-14-26-48-47-23-10-12-28-51(47)54-52(46)48)50-35-40(31-34-45(50)38-17-5-2-6-18-38)43-24-13-20-36-19-7-8-21-42(36)43/h1-35H. The van der Waals surface area contributed by atoms with Crippen molar-refractivity contribution in [3.8, 4) is 44.5 Å². The van der Waals surface area contributed by atoms with Crippen LogP contribution in [0.25, 0.3) is 75.5 Å². The first-order valence-corrected chi connectivity index (χ1v) is 19.2. The van der Waals surface area contributed by atoms with Crippen molar-refractivity contribution >= 4 is 59.3 Å². The van der Waals surface area contributed by atoms with Gasteiger partial charge in [0.05, 0.1) is 11.4 Å². The van der Waals surface area contributed by atoms with Gasteiger partial charge in [0.15, 0.2) is 0 Å². The Labute approximate surface area is 319 Å². The molecule has 0 saturated heterocycles. The Bertz CT molecular complexity index is 2920. The Kier molecular flexibility index (Phi) is 8.09. The van der Waals surface area contributed by atoms with Crippen LogP contribution in [0.4, 0.5) is 17.1 Å². The molecule has 254 valence electrons. The van der Waals surface area contributed by atoms with Gasteiger partial charge in [-0.05, 0) is 74.5 Å². The van der Waals surface area contributed by atoms with Crippen molar-refractivity contribution in [2.24, 2.45) is 0 Å². The van der Waals surface area contributed by atoms with Gasteiger partial charge in [-0.2, -0.15) is 0 Å².